The summed E-state index contributed by atoms with van der Waals surface area (Å²) in [6, 6.07) is 10.8. The Morgan fingerprint density at radius 2 is 1.88 bits per heavy atom. The maximum Gasteiger partial charge on any atom is 0.362 e. The van der Waals surface area contributed by atoms with Gasteiger partial charge in [-0.3, -0.25) is 4.79 Å². The van der Waals surface area contributed by atoms with Gasteiger partial charge in [0.05, 0.1) is 11.1 Å². The number of rotatable bonds is 6. The number of benzene rings is 1. The highest BCUT2D eigenvalue weighted by molar-refractivity contribution is 7.86. The zero-order valence-corrected chi connectivity index (χ0v) is 25.3. The van der Waals surface area contributed by atoms with Crippen LogP contribution in [0.1, 0.15) is 65.9 Å². The molecule has 0 bridgehead atoms. The summed E-state index contributed by atoms with van der Waals surface area (Å²) in [6.07, 6.45) is 6.12. The van der Waals surface area contributed by atoms with Gasteiger partial charge in [0.2, 0.25) is 5.03 Å². The summed E-state index contributed by atoms with van der Waals surface area (Å²) >= 11 is 6.25. The Hall–Kier alpha value is -3.80. The van der Waals surface area contributed by atoms with Crippen molar-refractivity contribution >= 4 is 45.1 Å². The van der Waals surface area contributed by atoms with Gasteiger partial charge in [-0.25, -0.2) is 14.8 Å². The predicted octanol–water partition coefficient (Wildman–Crippen LogP) is 4.48. The molecule has 2 aromatic heterocycles. The van der Waals surface area contributed by atoms with Crippen LogP contribution in [0.5, 0.6) is 0 Å². The maximum absolute atomic E-state index is 14.7. The average molecular weight is 610 g/mol. The van der Waals surface area contributed by atoms with Gasteiger partial charge in [-0.2, -0.15) is 8.42 Å². The monoisotopic (exact) mass is 609 g/mol. The normalized spacial score (nSPS) is 23.6. The molecule has 2 amide bonds. The Morgan fingerprint density at radius 3 is 2.52 bits per heavy atom. The van der Waals surface area contributed by atoms with E-state index >= 15 is 0 Å². The van der Waals surface area contributed by atoms with Crippen molar-refractivity contribution in [1.29, 1.82) is 0 Å². The Labute approximate surface area is 250 Å². The van der Waals surface area contributed by atoms with E-state index in [1.165, 1.54) is 36.5 Å². The van der Waals surface area contributed by atoms with Crippen LogP contribution in [0.15, 0.2) is 71.9 Å². The molecular weight excluding hydrogens is 576 g/mol. The third-order valence-corrected chi connectivity index (χ3v) is 10.5. The largest absolute Gasteiger partial charge is 0.384 e. The minimum absolute atomic E-state index is 0.0112. The number of carbonyl (C=O) groups excluding carboxylic acids is 2. The minimum atomic E-state index is -4.59. The molecule has 2 aliphatic rings. The number of anilines is 2. The van der Waals surface area contributed by atoms with Crippen LogP contribution in [-0.4, -0.2) is 52.7 Å². The highest BCUT2D eigenvalue weighted by Crippen LogP contribution is 2.45. The molecule has 4 heterocycles. The van der Waals surface area contributed by atoms with E-state index in [1.807, 2.05) is 11.0 Å². The molecule has 2 unspecified atom stereocenters. The number of nitrogen functional groups attached to an aromatic ring is 1. The number of nitrogens with zero attached hydrogens (tertiary/aromatic N) is 4. The van der Waals surface area contributed by atoms with Crippen molar-refractivity contribution in [3.63, 3.8) is 0 Å². The van der Waals surface area contributed by atoms with Crippen molar-refractivity contribution in [2.45, 2.75) is 50.2 Å². The molecule has 4 N–H and O–H groups in total. The van der Waals surface area contributed by atoms with Gasteiger partial charge in [-0.05, 0) is 68.7 Å². The smallest absolute Gasteiger partial charge is 0.362 e. The molecule has 1 aromatic carbocycles. The fourth-order valence-corrected chi connectivity index (χ4v) is 8.56. The van der Waals surface area contributed by atoms with E-state index in [9.17, 15) is 18.0 Å². The van der Waals surface area contributed by atoms with E-state index in [2.05, 4.69) is 30.7 Å². The second kappa shape index (κ2) is 10.8. The predicted molar refractivity (Wildman–Crippen MR) is 161 cm³/mol. The van der Waals surface area contributed by atoms with Crippen LogP contribution in [0.3, 0.4) is 0 Å². The lowest BCUT2D eigenvalue weighted by molar-refractivity contribution is -0.750. The van der Waals surface area contributed by atoms with Crippen molar-refractivity contribution in [2.75, 3.05) is 23.7 Å². The Balaban J connectivity index is 1.82. The second-order valence-electron chi connectivity index (χ2n) is 11.6. The lowest BCUT2D eigenvalue weighted by Crippen LogP contribution is -2.60. The Bertz CT molecular complexity index is 1710. The van der Waals surface area contributed by atoms with Crippen LogP contribution in [0.2, 0.25) is 5.02 Å². The molecule has 3 aromatic rings. The van der Waals surface area contributed by atoms with E-state index in [1.54, 1.807) is 24.3 Å². The quantitative estimate of drug-likeness (QED) is 0.307. The second-order valence-corrected chi connectivity index (χ2v) is 14.0. The fourth-order valence-electron chi connectivity index (χ4n) is 6.41. The number of sulfonamides is 1. The maximum atomic E-state index is 14.7. The Morgan fingerprint density at radius 1 is 1.14 bits per heavy atom. The van der Waals surface area contributed by atoms with E-state index < -0.39 is 31.8 Å². The fraction of sp³-hybridized carbons (Fsp3) is 0.333. The number of quaternary nitrogens is 1. The zero-order chi connectivity index (χ0) is 30.4. The van der Waals surface area contributed by atoms with E-state index in [0.717, 1.165) is 6.42 Å². The number of amides is 2. The Kier molecular flexibility index (Phi) is 7.63. The van der Waals surface area contributed by atoms with Crippen LogP contribution in [0.25, 0.3) is 0 Å². The highest BCUT2D eigenvalue weighted by Gasteiger charge is 2.58. The number of pyridine rings is 2. The standard InChI is InChI=1S/C30H33ClN6O4S/c1-19-17-30(2,3)36(18-19)28-26(27(33)38)22(13-14-34-28)23-10-4-5-15-37(23,29(39)20-8-6-9-21(31)16-20)42(40,41)25-12-7-11-24(32)35-25/h4,6-14,16,19,23H,5,15,17-18H2,1-3H3,(H3-,32,33,35,38)/p+1/t19-,23?,37?/m0/s1. The first-order chi connectivity index (χ1) is 19.8. The summed E-state index contributed by atoms with van der Waals surface area (Å²) in [6.45, 7) is 6.75. The number of nitrogens with two attached hydrogens (primary N) is 2. The van der Waals surface area contributed by atoms with Gasteiger partial charge >= 0.3 is 15.9 Å². The number of hydrogen-bond acceptors (Lipinski definition) is 8. The summed E-state index contributed by atoms with van der Waals surface area (Å²) in [7, 11) is -4.59. The average Bonchev–Trinajstić information content (AvgIpc) is 3.23. The molecule has 10 nitrogen and oxygen atoms in total. The summed E-state index contributed by atoms with van der Waals surface area (Å²) in [4.78, 5) is 38.6. The van der Waals surface area contributed by atoms with E-state index in [4.69, 9.17) is 23.1 Å². The van der Waals surface area contributed by atoms with Crippen LogP contribution in [0, 0.1) is 5.92 Å². The van der Waals surface area contributed by atoms with Crippen LogP contribution >= 0.6 is 11.6 Å². The summed E-state index contributed by atoms with van der Waals surface area (Å²) < 4.78 is 28.4. The van der Waals surface area contributed by atoms with Crippen molar-refractivity contribution in [3.05, 3.63) is 88.6 Å². The SMILES string of the molecule is C[C@@H]1CN(c2nccc(C3C=CCC[N+]3(C(=O)c3cccc(Cl)c3)S(=O)(=O)c3cccc(N)n3)c2C(N)=O)C(C)(C)C1. The van der Waals surface area contributed by atoms with Gasteiger partial charge in [0, 0.05) is 35.3 Å². The van der Waals surface area contributed by atoms with Crippen molar-refractivity contribution in [2.24, 2.45) is 11.7 Å². The lowest BCUT2D eigenvalue weighted by Gasteiger charge is -2.42. The van der Waals surface area contributed by atoms with Crippen LogP contribution in [-0.2, 0) is 10.0 Å². The number of halogens is 1. The topological polar surface area (TPSA) is 149 Å². The van der Waals surface area contributed by atoms with Gasteiger partial charge in [-0.1, -0.05) is 36.7 Å². The molecule has 2 aliphatic heterocycles. The third-order valence-electron chi connectivity index (χ3n) is 8.11. The molecule has 3 atom stereocenters. The van der Waals surface area contributed by atoms with Gasteiger partial charge < -0.3 is 16.4 Å². The van der Waals surface area contributed by atoms with Gasteiger partial charge in [-0.15, -0.1) is 3.89 Å². The first kappa shape index (κ1) is 29.7. The first-order valence-electron chi connectivity index (χ1n) is 13.7. The molecule has 0 saturated carbocycles. The van der Waals surface area contributed by atoms with Crippen molar-refractivity contribution in [3.8, 4) is 0 Å². The first-order valence-corrected chi connectivity index (χ1v) is 15.5. The molecule has 12 heteroatoms. The molecule has 220 valence electrons. The molecular formula is C30H34ClN6O4S+. The zero-order valence-electron chi connectivity index (χ0n) is 23.7. The number of hydrogen-bond donors (Lipinski definition) is 2. The molecule has 0 aliphatic carbocycles. The van der Waals surface area contributed by atoms with Crippen LogP contribution < -0.4 is 16.4 Å². The molecule has 0 radical (unpaired) electrons. The minimum Gasteiger partial charge on any atom is -0.384 e. The third kappa shape index (κ3) is 4.85. The summed E-state index contributed by atoms with van der Waals surface area (Å²) in [5.74, 6) is -0.811. The summed E-state index contributed by atoms with van der Waals surface area (Å²) in [5, 5.41) is -0.0837. The van der Waals surface area contributed by atoms with E-state index in [0.29, 0.717) is 18.3 Å². The molecule has 0 spiro atoms. The number of aromatic nitrogens is 2. The van der Waals surface area contributed by atoms with Crippen molar-refractivity contribution in [1.82, 2.24) is 9.97 Å². The summed E-state index contributed by atoms with van der Waals surface area (Å²) in [5.41, 5.74) is 12.0. The van der Waals surface area contributed by atoms with Gasteiger partial charge in [0.1, 0.15) is 18.2 Å². The lowest BCUT2D eigenvalue weighted by atomic mass is 9.94. The van der Waals surface area contributed by atoms with Gasteiger partial charge in [0.25, 0.3) is 5.91 Å². The van der Waals surface area contributed by atoms with Crippen molar-refractivity contribution < 1.29 is 21.9 Å². The highest BCUT2D eigenvalue weighted by atomic mass is 35.5. The molecule has 1 fully saturated rings. The van der Waals surface area contributed by atoms with Crippen LogP contribution in [0.4, 0.5) is 11.6 Å². The number of carbonyl (C=O) groups is 2. The number of primary amides is 1. The molecule has 1 saturated heterocycles. The molecule has 5 rings (SSSR count). The molecule has 42 heavy (non-hydrogen) atoms. The van der Waals surface area contributed by atoms with E-state index in [-0.39, 0.29) is 51.1 Å². The van der Waals surface area contributed by atoms with Gasteiger partial charge in [0.15, 0.2) is 6.04 Å².